The number of rotatable bonds is 8. The van der Waals surface area contributed by atoms with Crippen LogP contribution in [0, 0.1) is 12.7 Å². The van der Waals surface area contributed by atoms with Crippen molar-refractivity contribution in [2.24, 2.45) is 0 Å². The van der Waals surface area contributed by atoms with Gasteiger partial charge in [-0.2, -0.15) is 0 Å². The fraction of sp³-hybridized carbons (Fsp3) is 0.357. The Morgan fingerprint density at radius 1 is 0.917 bits per heavy atom. The molecular formula is C28H32FN3O4. The molecule has 1 saturated heterocycles. The van der Waals surface area contributed by atoms with Crippen LogP contribution >= 0.6 is 0 Å². The van der Waals surface area contributed by atoms with E-state index < -0.39 is 0 Å². The molecule has 8 heteroatoms. The maximum Gasteiger partial charge on any atom is 0.409 e. The van der Waals surface area contributed by atoms with E-state index in [1.807, 2.05) is 19.1 Å². The summed E-state index contributed by atoms with van der Waals surface area (Å²) < 4.78 is 24.8. The van der Waals surface area contributed by atoms with E-state index in [2.05, 4.69) is 29.2 Å². The number of halogens is 1. The quantitative estimate of drug-likeness (QED) is 0.449. The molecule has 1 aromatic heterocycles. The summed E-state index contributed by atoms with van der Waals surface area (Å²) in [5.41, 5.74) is 3.19. The van der Waals surface area contributed by atoms with Gasteiger partial charge < -0.3 is 19.0 Å². The Labute approximate surface area is 211 Å². The van der Waals surface area contributed by atoms with E-state index in [4.69, 9.17) is 9.15 Å². The van der Waals surface area contributed by atoms with Gasteiger partial charge in [0.2, 0.25) is 0 Å². The first kappa shape index (κ1) is 25.4. The van der Waals surface area contributed by atoms with Crippen LogP contribution in [0.15, 0.2) is 65.1 Å². The summed E-state index contributed by atoms with van der Waals surface area (Å²) in [4.78, 5) is 30.4. The average molecular weight is 494 g/mol. The zero-order valence-corrected chi connectivity index (χ0v) is 20.8. The first-order valence-electron chi connectivity index (χ1n) is 12.2. The second-order valence-corrected chi connectivity index (χ2v) is 9.00. The highest BCUT2D eigenvalue weighted by Crippen LogP contribution is 2.19. The summed E-state index contributed by atoms with van der Waals surface area (Å²) in [6, 6.07) is 18.4. The second kappa shape index (κ2) is 11.9. The molecule has 0 spiro atoms. The Bertz CT molecular complexity index is 1170. The van der Waals surface area contributed by atoms with E-state index >= 15 is 0 Å². The van der Waals surface area contributed by atoms with E-state index in [1.54, 1.807) is 28.9 Å². The van der Waals surface area contributed by atoms with Crippen LogP contribution < -0.4 is 0 Å². The molecule has 3 aromatic rings. The molecule has 7 nitrogen and oxygen atoms in total. The first-order valence-corrected chi connectivity index (χ1v) is 12.2. The zero-order chi connectivity index (χ0) is 25.5. The van der Waals surface area contributed by atoms with Gasteiger partial charge in [0.05, 0.1) is 13.2 Å². The van der Waals surface area contributed by atoms with E-state index in [0.29, 0.717) is 58.2 Å². The van der Waals surface area contributed by atoms with Crippen LogP contribution in [0.5, 0.6) is 0 Å². The van der Waals surface area contributed by atoms with Crippen LogP contribution in [0.2, 0.25) is 0 Å². The molecule has 2 amide bonds. The van der Waals surface area contributed by atoms with E-state index in [1.165, 1.54) is 17.7 Å². The lowest BCUT2D eigenvalue weighted by Crippen LogP contribution is -2.50. The molecule has 0 aliphatic carbocycles. The molecular weight excluding hydrogens is 461 g/mol. The third kappa shape index (κ3) is 6.73. The van der Waals surface area contributed by atoms with Gasteiger partial charge in [0.15, 0.2) is 5.76 Å². The summed E-state index contributed by atoms with van der Waals surface area (Å²) >= 11 is 0. The first-order chi connectivity index (χ1) is 17.4. The van der Waals surface area contributed by atoms with Crippen molar-refractivity contribution >= 4 is 12.0 Å². The number of furan rings is 1. The summed E-state index contributed by atoms with van der Waals surface area (Å²) in [7, 11) is 0. The van der Waals surface area contributed by atoms with Crippen LogP contribution in [0.3, 0.4) is 0 Å². The fourth-order valence-corrected chi connectivity index (χ4v) is 4.27. The maximum absolute atomic E-state index is 13.8. The average Bonchev–Trinajstić information content (AvgIpc) is 3.33. The summed E-state index contributed by atoms with van der Waals surface area (Å²) in [5, 5.41) is 0. The van der Waals surface area contributed by atoms with E-state index in [0.717, 1.165) is 11.1 Å². The van der Waals surface area contributed by atoms with E-state index in [-0.39, 0.29) is 23.6 Å². The minimum absolute atomic E-state index is 0.194. The molecule has 0 bridgehead atoms. The molecule has 4 rings (SSSR count). The van der Waals surface area contributed by atoms with Gasteiger partial charge in [-0.25, -0.2) is 9.18 Å². The molecule has 0 atom stereocenters. The van der Waals surface area contributed by atoms with Gasteiger partial charge >= 0.3 is 6.09 Å². The lowest BCUT2D eigenvalue weighted by Gasteiger charge is -2.33. The molecule has 1 aliphatic heterocycles. The minimum atomic E-state index is -0.350. The number of ether oxygens (including phenoxy) is 1. The molecule has 0 unspecified atom stereocenters. The highest BCUT2D eigenvalue weighted by atomic mass is 19.1. The lowest BCUT2D eigenvalue weighted by atomic mass is 10.1. The van der Waals surface area contributed by atoms with Crippen molar-refractivity contribution in [3.63, 3.8) is 0 Å². The number of hydrogen-bond donors (Lipinski definition) is 0. The standard InChI is InChI=1S/C28H32FN3O4/c1-3-35-28(34)32-15-13-31(14-16-32)27(33)26-12-11-25(36-26)20-30(18-22-9-7-21(2)8-10-22)19-23-5-4-6-24(29)17-23/h4-12,17H,3,13-16,18-20H2,1-2H3. The van der Waals surface area contributed by atoms with Gasteiger partial charge in [0.25, 0.3) is 5.91 Å². The third-order valence-electron chi connectivity index (χ3n) is 6.17. The third-order valence-corrected chi connectivity index (χ3v) is 6.17. The number of carbonyl (C=O) groups is 2. The highest BCUT2D eigenvalue weighted by Gasteiger charge is 2.27. The molecule has 1 fully saturated rings. The zero-order valence-electron chi connectivity index (χ0n) is 20.8. The molecule has 36 heavy (non-hydrogen) atoms. The van der Waals surface area contributed by atoms with Crippen molar-refractivity contribution < 1.29 is 23.1 Å². The number of piperazine rings is 1. The van der Waals surface area contributed by atoms with Gasteiger partial charge in [-0.1, -0.05) is 42.0 Å². The Hall–Kier alpha value is -3.65. The molecule has 1 aliphatic rings. The number of aryl methyl sites for hydroxylation is 1. The van der Waals surface area contributed by atoms with Crippen molar-refractivity contribution in [2.75, 3.05) is 32.8 Å². The van der Waals surface area contributed by atoms with Crippen LogP contribution in [-0.4, -0.2) is 59.5 Å². The van der Waals surface area contributed by atoms with Gasteiger partial charge in [0, 0.05) is 39.3 Å². The predicted octanol–water partition coefficient (Wildman–Crippen LogP) is 4.84. The molecule has 0 radical (unpaired) electrons. The minimum Gasteiger partial charge on any atom is -0.455 e. The maximum atomic E-state index is 13.8. The Morgan fingerprint density at radius 2 is 1.61 bits per heavy atom. The normalized spacial score (nSPS) is 13.8. The summed E-state index contributed by atoms with van der Waals surface area (Å²) in [6.07, 6.45) is -0.350. The monoisotopic (exact) mass is 493 g/mol. The van der Waals surface area contributed by atoms with Gasteiger partial charge in [0.1, 0.15) is 11.6 Å². The van der Waals surface area contributed by atoms with Crippen molar-refractivity contribution in [1.82, 2.24) is 14.7 Å². The molecule has 0 saturated carbocycles. The van der Waals surface area contributed by atoms with Crippen molar-refractivity contribution in [3.8, 4) is 0 Å². The largest absolute Gasteiger partial charge is 0.455 e. The van der Waals surface area contributed by atoms with Gasteiger partial charge in [-0.3, -0.25) is 9.69 Å². The van der Waals surface area contributed by atoms with Crippen molar-refractivity contribution in [2.45, 2.75) is 33.5 Å². The van der Waals surface area contributed by atoms with Crippen LogP contribution in [0.25, 0.3) is 0 Å². The number of nitrogens with zero attached hydrogens (tertiary/aromatic N) is 3. The van der Waals surface area contributed by atoms with Crippen LogP contribution in [0.4, 0.5) is 9.18 Å². The Balaban J connectivity index is 1.41. The fourth-order valence-electron chi connectivity index (χ4n) is 4.27. The summed E-state index contributed by atoms with van der Waals surface area (Å²) in [5.74, 6) is 0.472. The SMILES string of the molecule is CCOC(=O)N1CCN(C(=O)c2ccc(CN(Cc3ccc(C)cc3)Cc3cccc(F)c3)o2)CC1. The molecule has 0 N–H and O–H groups in total. The Kier molecular flexibility index (Phi) is 8.38. The lowest BCUT2D eigenvalue weighted by molar-refractivity contribution is 0.0543. The van der Waals surface area contributed by atoms with Crippen LogP contribution in [0.1, 0.15) is 39.9 Å². The van der Waals surface area contributed by atoms with Crippen LogP contribution in [-0.2, 0) is 24.4 Å². The molecule has 2 heterocycles. The number of benzene rings is 2. The molecule has 2 aromatic carbocycles. The van der Waals surface area contributed by atoms with Gasteiger partial charge in [-0.05, 0) is 49.2 Å². The second-order valence-electron chi connectivity index (χ2n) is 9.00. The smallest absolute Gasteiger partial charge is 0.409 e. The molecule has 190 valence electrons. The number of carbonyl (C=O) groups excluding carboxylic acids is 2. The topological polar surface area (TPSA) is 66.2 Å². The number of amides is 2. The van der Waals surface area contributed by atoms with Gasteiger partial charge in [-0.15, -0.1) is 0 Å². The predicted molar refractivity (Wildman–Crippen MR) is 134 cm³/mol. The number of hydrogen-bond acceptors (Lipinski definition) is 5. The highest BCUT2D eigenvalue weighted by molar-refractivity contribution is 5.91. The summed E-state index contributed by atoms with van der Waals surface area (Å²) in [6.45, 7) is 7.49. The van der Waals surface area contributed by atoms with Crippen molar-refractivity contribution in [3.05, 3.63) is 94.7 Å². The van der Waals surface area contributed by atoms with Crippen molar-refractivity contribution in [1.29, 1.82) is 0 Å². The van der Waals surface area contributed by atoms with E-state index in [9.17, 15) is 14.0 Å². The Morgan fingerprint density at radius 3 is 2.31 bits per heavy atom.